The van der Waals surface area contributed by atoms with Gasteiger partial charge in [0.25, 0.3) is 0 Å². The Morgan fingerprint density at radius 2 is 1.78 bits per heavy atom. The Labute approximate surface area is 192 Å². The molecule has 175 valence electrons. The third kappa shape index (κ3) is 6.07. The van der Waals surface area contributed by atoms with Crippen LogP contribution < -0.4 is 15.1 Å². The molecular weight excluding hydrogens is 426 g/mol. The molecule has 3 N–H and O–H groups in total. The molecule has 1 saturated carbocycles. The van der Waals surface area contributed by atoms with Gasteiger partial charge >= 0.3 is 16.4 Å². The summed E-state index contributed by atoms with van der Waals surface area (Å²) < 4.78 is 29.4. The van der Waals surface area contributed by atoms with Gasteiger partial charge in [-0.1, -0.05) is 43.2 Å². The number of fused-ring (bicyclic) bond motifs is 1. The number of nitrogens with one attached hydrogen (secondary N) is 1. The van der Waals surface area contributed by atoms with Gasteiger partial charge in [-0.05, 0) is 47.6 Å². The summed E-state index contributed by atoms with van der Waals surface area (Å²) in [7, 11) is -0.101. The Hall–Kier alpha value is -2.00. The van der Waals surface area contributed by atoms with E-state index in [9.17, 15) is 13.6 Å². The van der Waals surface area contributed by atoms with Crippen LogP contribution in [0.3, 0.4) is 0 Å². The van der Waals surface area contributed by atoms with Crippen LogP contribution in [0.15, 0.2) is 41.3 Å². The number of carbonyl (C=O) groups excluding carboxylic acids is 1. The van der Waals surface area contributed by atoms with Crippen LogP contribution >= 0.6 is 0 Å². The zero-order valence-electron chi connectivity index (χ0n) is 19.5. The predicted octanol–water partition coefficient (Wildman–Crippen LogP) is 3.38. The number of hydrogen-bond acceptors (Lipinski definition) is 4. The van der Waals surface area contributed by atoms with E-state index in [1.807, 2.05) is 51.0 Å². The number of rotatable bonds is 9. The summed E-state index contributed by atoms with van der Waals surface area (Å²) in [5.41, 5.74) is 2.55. The van der Waals surface area contributed by atoms with E-state index >= 15 is 0 Å². The summed E-state index contributed by atoms with van der Waals surface area (Å²) in [4.78, 5) is 20.4. The Bertz CT molecular complexity index is 973. The number of nitrogens with two attached hydrogens (primary N) is 1. The molecule has 0 bridgehead atoms. The molecular formula is C24H36N3O4S+2. The fourth-order valence-corrected chi connectivity index (χ4v) is 5.74. The number of hydroxylamine groups is 1. The number of benzene rings is 2. The van der Waals surface area contributed by atoms with Crippen molar-refractivity contribution in [1.82, 2.24) is 4.72 Å². The lowest BCUT2D eigenvalue weighted by molar-refractivity contribution is -0.897. The molecule has 1 fully saturated rings. The number of nitrogens with zero attached hydrogens (tertiary/aromatic N) is 1. The second-order valence-electron chi connectivity index (χ2n) is 9.30. The molecule has 32 heavy (non-hydrogen) atoms. The van der Waals surface area contributed by atoms with Gasteiger partial charge in [-0.15, -0.1) is 0 Å². The smallest absolute Gasteiger partial charge is 0.377 e. The van der Waals surface area contributed by atoms with Gasteiger partial charge in [-0.2, -0.15) is 5.48 Å². The molecule has 3 rings (SSSR count). The zero-order chi connectivity index (χ0) is 23.3. The maximum Gasteiger partial charge on any atom is 0.387 e. The molecule has 0 saturated heterocycles. The number of quaternary nitrogens is 1. The molecule has 0 spiro atoms. The molecule has 2 atom stereocenters. The molecule has 0 aliphatic heterocycles. The highest BCUT2D eigenvalue weighted by molar-refractivity contribution is 7.95. The predicted molar refractivity (Wildman–Crippen MR) is 127 cm³/mol. The largest absolute Gasteiger partial charge is 0.387 e. The minimum atomic E-state index is -3.95. The molecule has 7 nitrogen and oxygen atoms in total. The van der Waals surface area contributed by atoms with Gasteiger partial charge in [-0.3, -0.25) is 4.84 Å². The minimum absolute atomic E-state index is 0.123. The van der Waals surface area contributed by atoms with Gasteiger partial charge in [0.15, 0.2) is 6.04 Å². The summed E-state index contributed by atoms with van der Waals surface area (Å²) in [6.45, 7) is 3.92. The lowest BCUT2D eigenvalue weighted by Gasteiger charge is -2.20. The Morgan fingerprint density at radius 1 is 1.12 bits per heavy atom. The SMILES string of the molecule is CC(C)C[C@@H](N[S+]([O])(=O)c1cccc2c(N(C)C)cccc12)C(=O)O[NH2+]C1CCCCC1. The zero-order valence-corrected chi connectivity index (χ0v) is 20.3. The molecule has 0 aromatic heterocycles. The van der Waals surface area contributed by atoms with Crippen LogP contribution in [0.25, 0.3) is 10.8 Å². The van der Waals surface area contributed by atoms with E-state index in [1.165, 1.54) is 6.42 Å². The van der Waals surface area contributed by atoms with Gasteiger partial charge < -0.3 is 4.90 Å². The van der Waals surface area contributed by atoms with Crippen molar-refractivity contribution < 1.29 is 23.9 Å². The van der Waals surface area contributed by atoms with Gasteiger partial charge in [0.05, 0.1) is 4.55 Å². The summed E-state index contributed by atoms with van der Waals surface area (Å²) in [6, 6.07) is 10.1. The van der Waals surface area contributed by atoms with E-state index in [-0.39, 0.29) is 16.9 Å². The monoisotopic (exact) mass is 462 g/mol. The molecule has 0 amide bonds. The Morgan fingerprint density at radius 3 is 2.44 bits per heavy atom. The Kier molecular flexibility index (Phi) is 8.27. The van der Waals surface area contributed by atoms with E-state index in [0.717, 1.165) is 36.8 Å². The topological polar surface area (TPSA) is 95.2 Å². The molecule has 8 heteroatoms. The summed E-state index contributed by atoms with van der Waals surface area (Å²) >= 11 is 0. The van der Waals surface area contributed by atoms with Gasteiger partial charge in [-0.25, -0.2) is 4.79 Å². The fourth-order valence-electron chi connectivity index (χ4n) is 4.32. The molecule has 1 radical (unpaired) electrons. The highest BCUT2D eigenvalue weighted by Gasteiger charge is 2.41. The summed E-state index contributed by atoms with van der Waals surface area (Å²) in [6.07, 6.45) is 5.88. The average Bonchev–Trinajstić information content (AvgIpc) is 2.76. The molecule has 1 unspecified atom stereocenters. The van der Waals surface area contributed by atoms with Gasteiger partial charge in [0.1, 0.15) is 6.04 Å². The first-order valence-corrected chi connectivity index (χ1v) is 12.9. The van der Waals surface area contributed by atoms with Crippen LogP contribution in [0.4, 0.5) is 5.69 Å². The van der Waals surface area contributed by atoms with Gasteiger partial charge in [0, 0.05) is 43.4 Å². The third-order valence-corrected chi connectivity index (χ3v) is 7.48. The van der Waals surface area contributed by atoms with Crippen molar-refractivity contribution in [3.63, 3.8) is 0 Å². The molecule has 1 aliphatic rings. The first kappa shape index (κ1) is 24.6. The number of anilines is 1. The van der Waals surface area contributed by atoms with Crippen LogP contribution in [0.5, 0.6) is 0 Å². The molecule has 2 aromatic carbocycles. The highest BCUT2D eigenvalue weighted by Crippen LogP contribution is 2.32. The van der Waals surface area contributed by atoms with Crippen LogP contribution in [-0.2, 0) is 28.8 Å². The second kappa shape index (κ2) is 10.7. The first-order valence-electron chi connectivity index (χ1n) is 11.4. The Balaban J connectivity index is 1.83. The van der Waals surface area contributed by atoms with Crippen LogP contribution in [0.1, 0.15) is 52.4 Å². The van der Waals surface area contributed by atoms with Crippen LogP contribution in [0, 0.1) is 5.92 Å². The number of sulfonamides is 1. The minimum Gasteiger partial charge on any atom is -0.377 e. The van der Waals surface area contributed by atoms with E-state index in [4.69, 9.17) is 4.84 Å². The maximum atomic E-state index is 13.4. The second-order valence-corrected chi connectivity index (χ2v) is 11.0. The maximum absolute atomic E-state index is 13.4. The lowest BCUT2D eigenvalue weighted by Crippen LogP contribution is -2.90. The van der Waals surface area contributed by atoms with Crippen molar-refractivity contribution in [3.8, 4) is 0 Å². The van der Waals surface area contributed by atoms with E-state index in [1.54, 1.807) is 23.7 Å². The standard InChI is InChI=1S/C24H35N3O4S/c1-17(2)16-21(24(28)31-25-18-10-6-5-7-11-18)26-32(29,30)23-15-9-12-19-20(23)13-8-14-22(19)27(3)4/h8-9,12-15,17-18,21,25H,5-7,10-11,16H2,1-4H3,(H,26,29)/q+1/p+1/t21-,32?/m1/s1. The normalized spacial score (nSPS) is 17.8. The van der Waals surface area contributed by atoms with Crippen molar-refractivity contribution in [2.24, 2.45) is 5.92 Å². The van der Waals surface area contributed by atoms with Crippen molar-refractivity contribution in [1.29, 1.82) is 0 Å². The first-order chi connectivity index (χ1) is 15.2. The lowest BCUT2D eigenvalue weighted by atomic mass is 9.96. The number of hydrogen-bond donors (Lipinski definition) is 2. The van der Waals surface area contributed by atoms with Crippen molar-refractivity contribution in [3.05, 3.63) is 36.4 Å². The quantitative estimate of drug-likeness (QED) is 0.441. The number of carbonyl (C=O) groups is 1. The van der Waals surface area contributed by atoms with Gasteiger partial charge in [0.2, 0.25) is 4.90 Å². The highest BCUT2D eigenvalue weighted by atomic mass is 32.3. The average molecular weight is 463 g/mol. The summed E-state index contributed by atoms with van der Waals surface area (Å²) in [5, 5.41) is 1.46. The van der Waals surface area contributed by atoms with Crippen molar-refractivity contribution in [2.45, 2.75) is 69.4 Å². The molecule has 1 aliphatic carbocycles. The molecule has 2 aromatic rings. The van der Waals surface area contributed by atoms with Crippen LogP contribution in [0.2, 0.25) is 0 Å². The summed E-state index contributed by atoms with van der Waals surface area (Å²) in [5.74, 6) is -0.417. The van der Waals surface area contributed by atoms with E-state index in [2.05, 4.69) is 4.72 Å². The third-order valence-electron chi connectivity index (χ3n) is 5.95. The van der Waals surface area contributed by atoms with E-state index < -0.39 is 22.4 Å². The van der Waals surface area contributed by atoms with Crippen molar-refractivity contribution >= 4 is 32.8 Å². The van der Waals surface area contributed by atoms with Crippen LogP contribution in [-0.4, -0.2) is 32.1 Å². The molecule has 0 heterocycles. The fraction of sp³-hybridized carbons (Fsp3) is 0.542. The van der Waals surface area contributed by atoms with E-state index in [0.29, 0.717) is 11.8 Å². The van der Waals surface area contributed by atoms with Crippen molar-refractivity contribution in [2.75, 3.05) is 19.0 Å².